The van der Waals surface area contributed by atoms with E-state index in [1.807, 2.05) is 24.3 Å². The highest BCUT2D eigenvalue weighted by atomic mass is 16.4. The van der Waals surface area contributed by atoms with Crippen LogP contribution >= 0.6 is 0 Å². The van der Waals surface area contributed by atoms with Gasteiger partial charge in [-0.1, -0.05) is 18.2 Å². The van der Waals surface area contributed by atoms with Crippen LogP contribution in [0.4, 0.5) is 0 Å². The zero-order chi connectivity index (χ0) is 11.9. The molecule has 1 aromatic carbocycles. The Hall–Kier alpha value is -1.84. The Morgan fingerprint density at radius 3 is 2.62 bits per heavy atom. The Balaban J connectivity index is 2.78. The molecule has 84 valence electrons. The molecule has 1 heterocycles. The van der Waals surface area contributed by atoms with Crippen molar-refractivity contribution in [2.75, 3.05) is 0 Å². The first-order valence-corrected chi connectivity index (χ1v) is 5.10. The summed E-state index contributed by atoms with van der Waals surface area (Å²) in [5.41, 5.74) is 0.620. The smallest absolute Gasteiger partial charge is 0.315 e. The lowest BCUT2D eigenvalue weighted by atomic mass is 9.87. The van der Waals surface area contributed by atoms with Crippen LogP contribution in [-0.2, 0) is 17.3 Å². The molecule has 4 heteroatoms. The van der Waals surface area contributed by atoms with Crippen molar-refractivity contribution in [2.24, 2.45) is 7.05 Å². The first kappa shape index (κ1) is 10.7. The topological polar surface area (TPSA) is 55.1 Å². The summed E-state index contributed by atoms with van der Waals surface area (Å²) in [6.07, 6.45) is 0. The minimum atomic E-state index is -0.940. The van der Waals surface area contributed by atoms with E-state index in [4.69, 9.17) is 0 Å². The number of benzene rings is 1. The van der Waals surface area contributed by atoms with Crippen LogP contribution in [-0.4, -0.2) is 20.9 Å². The number of hydrogen-bond acceptors (Lipinski definition) is 2. The van der Waals surface area contributed by atoms with Gasteiger partial charge in [0.2, 0.25) is 0 Å². The van der Waals surface area contributed by atoms with E-state index < -0.39 is 11.4 Å². The molecule has 0 atom stereocenters. The van der Waals surface area contributed by atoms with E-state index in [9.17, 15) is 9.90 Å². The van der Waals surface area contributed by atoms with Crippen molar-refractivity contribution in [3.8, 4) is 0 Å². The van der Waals surface area contributed by atoms with Crippen molar-refractivity contribution >= 4 is 16.9 Å². The molecular weight excluding hydrogens is 204 g/mol. The molecule has 0 aliphatic carbocycles. The maximum Gasteiger partial charge on any atom is 0.315 e. The molecule has 0 bridgehead atoms. The van der Waals surface area contributed by atoms with Gasteiger partial charge in [0.25, 0.3) is 0 Å². The minimum Gasteiger partial charge on any atom is -0.481 e. The molecule has 4 nitrogen and oxygen atoms in total. The van der Waals surface area contributed by atoms with Crippen LogP contribution in [0.25, 0.3) is 10.9 Å². The molecule has 0 radical (unpaired) electrons. The molecule has 0 saturated heterocycles. The number of aryl methyl sites for hydroxylation is 1. The van der Waals surface area contributed by atoms with Crippen LogP contribution in [0.3, 0.4) is 0 Å². The predicted octanol–water partition coefficient (Wildman–Crippen LogP) is 1.94. The van der Waals surface area contributed by atoms with Crippen molar-refractivity contribution in [1.29, 1.82) is 0 Å². The van der Waals surface area contributed by atoms with E-state index in [1.165, 1.54) is 0 Å². The number of nitrogens with zero attached hydrogens (tertiary/aromatic N) is 2. The lowest BCUT2D eigenvalue weighted by Gasteiger charge is -2.19. The van der Waals surface area contributed by atoms with Gasteiger partial charge in [0.05, 0.1) is 11.2 Å². The molecule has 1 aromatic heterocycles. The lowest BCUT2D eigenvalue weighted by molar-refractivity contribution is -0.142. The number of carbonyl (C=O) groups is 1. The van der Waals surface area contributed by atoms with Crippen LogP contribution in [0, 0.1) is 0 Å². The monoisotopic (exact) mass is 218 g/mol. The molecule has 0 saturated carbocycles. The number of carboxylic acid groups (broad SMARTS) is 1. The molecule has 0 fully saturated rings. The minimum absolute atomic E-state index is 0.732. The second-order valence-corrected chi connectivity index (χ2v) is 4.42. The Bertz CT molecular complexity index is 555. The van der Waals surface area contributed by atoms with Crippen molar-refractivity contribution in [1.82, 2.24) is 9.78 Å². The standard InChI is InChI=1S/C12H14N2O2/c1-12(2,11(15)16)10-8-6-4-5-7-9(8)13-14(10)3/h4-7H,1-3H3,(H,15,16). The van der Waals surface area contributed by atoms with Gasteiger partial charge in [-0.3, -0.25) is 9.48 Å². The van der Waals surface area contributed by atoms with Crippen LogP contribution in [0.15, 0.2) is 24.3 Å². The molecule has 0 aliphatic heterocycles. The summed E-state index contributed by atoms with van der Waals surface area (Å²) in [7, 11) is 1.78. The van der Waals surface area contributed by atoms with Gasteiger partial charge in [0, 0.05) is 12.4 Å². The summed E-state index contributed by atoms with van der Waals surface area (Å²) in [5.74, 6) is -0.846. The molecule has 0 spiro atoms. The van der Waals surface area contributed by atoms with Gasteiger partial charge in [-0.2, -0.15) is 5.10 Å². The maximum atomic E-state index is 11.3. The molecule has 16 heavy (non-hydrogen) atoms. The lowest BCUT2D eigenvalue weighted by Crippen LogP contribution is -2.31. The van der Waals surface area contributed by atoms with E-state index in [2.05, 4.69) is 5.10 Å². The highest BCUT2D eigenvalue weighted by molar-refractivity contribution is 5.90. The fraction of sp³-hybridized carbons (Fsp3) is 0.333. The van der Waals surface area contributed by atoms with Gasteiger partial charge in [-0.05, 0) is 19.9 Å². The SMILES string of the molecule is Cn1nc2ccccc2c1C(C)(C)C(=O)O. The van der Waals surface area contributed by atoms with E-state index in [0.29, 0.717) is 0 Å². The number of hydrogen-bond donors (Lipinski definition) is 1. The van der Waals surface area contributed by atoms with E-state index in [-0.39, 0.29) is 0 Å². The zero-order valence-electron chi connectivity index (χ0n) is 9.56. The predicted molar refractivity (Wildman–Crippen MR) is 61.4 cm³/mol. The number of carboxylic acids is 1. The van der Waals surface area contributed by atoms with Crippen molar-refractivity contribution in [2.45, 2.75) is 19.3 Å². The summed E-state index contributed by atoms with van der Waals surface area (Å²) in [5, 5.41) is 14.5. The van der Waals surface area contributed by atoms with Gasteiger partial charge >= 0.3 is 5.97 Å². The van der Waals surface area contributed by atoms with E-state index in [0.717, 1.165) is 16.6 Å². The van der Waals surface area contributed by atoms with Crippen LogP contribution < -0.4 is 0 Å². The number of aromatic nitrogens is 2. The van der Waals surface area contributed by atoms with E-state index >= 15 is 0 Å². The second-order valence-electron chi connectivity index (χ2n) is 4.42. The molecule has 0 unspecified atom stereocenters. The van der Waals surface area contributed by atoms with Gasteiger partial charge in [0.15, 0.2) is 0 Å². The quantitative estimate of drug-likeness (QED) is 0.838. The average molecular weight is 218 g/mol. The van der Waals surface area contributed by atoms with Crippen molar-refractivity contribution < 1.29 is 9.90 Å². The van der Waals surface area contributed by atoms with Gasteiger partial charge < -0.3 is 5.11 Å². The Morgan fingerprint density at radius 1 is 1.38 bits per heavy atom. The van der Waals surface area contributed by atoms with Gasteiger partial charge in [-0.25, -0.2) is 0 Å². The fourth-order valence-corrected chi connectivity index (χ4v) is 1.99. The molecule has 2 rings (SSSR count). The maximum absolute atomic E-state index is 11.3. The molecule has 1 N–H and O–H groups in total. The third kappa shape index (κ3) is 1.38. The Labute approximate surface area is 93.5 Å². The van der Waals surface area contributed by atoms with E-state index in [1.54, 1.807) is 25.6 Å². The Morgan fingerprint density at radius 2 is 2.00 bits per heavy atom. The summed E-state index contributed by atoms with van der Waals surface area (Å²) in [6.45, 7) is 3.39. The van der Waals surface area contributed by atoms with Gasteiger partial charge in [-0.15, -0.1) is 0 Å². The zero-order valence-corrected chi connectivity index (χ0v) is 9.56. The van der Waals surface area contributed by atoms with Crippen LogP contribution in [0.2, 0.25) is 0 Å². The normalized spacial score (nSPS) is 11.9. The molecule has 2 aromatic rings. The third-order valence-corrected chi connectivity index (χ3v) is 2.87. The van der Waals surface area contributed by atoms with Crippen LogP contribution in [0.5, 0.6) is 0 Å². The number of rotatable bonds is 2. The largest absolute Gasteiger partial charge is 0.481 e. The summed E-state index contributed by atoms with van der Waals surface area (Å²) in [6, 6.07) is 7.58. The van der Waals surface area contributed by atoms with Crippen molar-refractivity contribution in [3.05, 3.63) is 30.0 Å². The van der Waals surface area contributed by atoms with Gasteiger partial charge in [0.1, 0.15) is 5.41 Å². The number of aliphatic carboxylic acids is 1. The number of fused-ring (bicyclic) bond motifs is 1. The Kier molecular flexibility index (Phi) is 2.22. The second kappa shape index (κ2) is 3.33. The summed E-state index contributed by atoms with van der Waals surface area (Å²) >= 11 is 0. The average Bonchev–Trinajstić information content (AvgIpc) is 2.53. The summed E-state index contributed by atoms with van der Waals surface area (Å²) < 4.78 is 1.65. The third-order valence-electron chi connectivity index (χ3n) is 2.87. The molecule has 0 amide bonds. The van der Waals surface area contributed by atoms with Crippen molar-refractivity contribution in [3.63, 3.8) is 0 Å². The molecular formula is C12H14N2O2. The van der Waals surface area contributed by atoms with Crippen LogP contribution in [0.1, 0.15) is 19.5 Å². The highest BCUT2D eigenvalue weighted by Gasteiger charge is 2.34. The first-order valence-electron chi connectivity index (χ1n) is 5.10. The summed E-state index contributed by atoms with van der Waals surface area (Å²) in [4.78, 5) is 11.3. The first-order chi connectivity index (χ1) is 7.44. The highest BCUT2D eigenvalue weighted by Crippen LogP contribution is 2.29. The fourth-order valence-electron chi connectivity index (χ4n) is 1.99. The molecule has 0 aliphatic rings.